The molecule has 0 fully saturated rings. The Labute approximate surface area is 151 Å². The van der Waals surface area contributed by atoms with E-state index in [-0.39, 0.29) is 5.69 Å². The zero-order chi connectivity index (χ0) is 19.2. The van der Waals surface area contributed by atoms with E-state index in [1.807, 2.05) is 44.5 Å². The third-order valence-electron chi connectivity index (χ3n) is 4.91. The van der Waals surface area contributed by atoms with E-state index < -0.39 is 5.91 Å². The summed E-state index contributed by atoms with van der Waals surface area (Å²) in [5.74, 6) is 0.131. The van der Waals surface area contributed by atoms with Gasteiger partial charge in [-0.2, -0.15) is 5.26 Å². The van der Waals surface area contributed by atoms with Gasteiger partial charge in [0, 0.05) is 18.1 Å². The van der Waals surface area contributed by atoms with Crippen LogP contribution in [0.25, 0.3) is 22.2 Å². The average molecular weight is 348 g/mol. The van der Waals surface area contributed by atoms with Gasteiger partial charge in [0.1, 0.15) is 23.2 Å². The number of hydrogen-bond acceptors (Lipinski definition) is 4. The minimum atomic E-state index is -0.608. The number of amides is 1. The molecule has 2 heterocycles. The molecule has 0 saturated carbocycles. The molecule has 0 atom stereocenters. The number of nitriles is 1. The normalized spacial score (nSPS) is 10.8. The summed E-state index contributed by atoms with van der Waals surface area (Å²) in [7, 11) is 3.44. The maximum atomic E-state index is 11.9. The van der Waals surface area contributed by atoms with Crippen LogP contribution in [0.1, 0.15) is 32.9 Å². The molecule has 0 aliphatic rings. The van der Waals surface area contributed by atoms with Crippen LogP contribution in [0.5, 0.6) is 5.75 Å². The maximum Gasteiger partial charge on any atom is 0.267 e. The fraction of sp³-hybridized carbons (Fsp3) is 0.250. The van der Waals surface area contributed by atoms with Crippen LogP contribution >= 0.6 is 0 Å². The van der Waals surface area contributed by atoms with Gasteiger partial charge in [0.2, 0.25) is 0 Å². The second kappa shape index (κ2) is 6.19. The Balaban J connectivity index is 2.57. The zero-order valence-corrected chi connectivity index (χ0v) is 15.5. The van der Waals surface area contributed by atoms with Crippen molar-refractivity contribution >= 4 is 16.9 Å². The first-order chi connectivity index (χ1) is 12.3. The summed E-state index contributed by atoms with van der Waals surface area (Å²) in [5, 5.41) is 10.4. The number of hydrogen-bond donors (Lipinski definition) is 1. The monoisotopic (exact) mass is 348 g/mol. The maximum absolute atomic E-state index is 11.9. The molecule has 6 heteroatoms. The summed E-state index contributed by atoms with van der Waals surface area (Å²) < 4.78 is 7.27. The zero-order valence-electron chi connectivity index (χ0n) is 15.5. The Morgan fingerprint density at radius 3 is 2.58 bits per heavy atom. The lowest BCUT2D eigenvalue weighted by Gasteiger charge is -2.15. The van der Waals surface area contributed by atoms with E-state index in [2.05, 4.69) is 11.1 Å². The van der Waals surface area contributed by atoms with Crippen LogP contribution in [0.4, 0.5) is 0 Å². The SMILES string of the molecule is COc1ccc(C)c(-c2cc(C(N)=O)nc3c2c(C#N)c(C)n3C)c1C. The van der Waals surface area contributed by atoms with Crippen LogP contribution in [-0.2, 0) is 7.05 Å². The minimum Gasteiger partial charge on any atom is -0.496 e. The predicted molar refractivity (Wildman–Crippen MR) is 100 cm³/mol. The lowest BCUT2D eigenvalue weighted by atomic mass is 9.92. The quantitative estimate of drug-likeness (QED) is 0.787. The van der Waals surface area contributed by atoms with E-state index >= 15 is 0 Å². The lowest BCUT2D eigenvalue weighted by Crippen LogP contribution is -2.14. The fourth-order valence-electron chi connectivity index (χ4n) is 3.45. The molecular weight excluding hydrogens is 328 g/mol. The Bertz CT molecular complexity index is 1100. The van der Waals surface area contributed by atoms with E-state index in [1.165, 1.54) is 0 Å². The van der Waals surface area contributed by atoms with Crippen molar-refractivity contribution in [2.24, 2.45) is 12.8 Å². The fourth-order valence-corrected chi connectivity index (χ4v) is 3.45. The number of ether oxygens (including phenoxy) is 1. The predicted octanol–water partition coefficient (Wildman–Crippen LogP) is 3.14. The molecule has 3 aromatic rings. The number of nitrogens with zero attached hydrogens (tertiary/aromatic N) is 3. The number of fused-ring (bicyclic) bond motifs is 1. The van der Waals surface area contributed by atoms with Crippen molar-refractivity contribution in [3.63, 3.8) is 0 Å². The summed E-state index contributed by atoms with van der Waals surface area (Å²) in [6, 6.07) is 7.81. The number of nitrogens with two attached hydrogens (primary N) is 1. The van der Waals surface area contributed by atoms with Crippen molar-refractivity contribution in [2.45, 2.75) is 20.8 Å². The molecule has 2 aromatic heterocycles. The van der Waals surface area contributed by atoms with Crippen LogP contribution in [0.15, 0.2) is 18.2 Å². The highest BCUT2D eigenvalue weighted by Gasteiger charge is 2.22. The molecule has 1 amide bonds. The van der Waals surface area contributed by atoms with E-state index in [4.69, 9.17) is 10.5 Å². The molecule has 0 radical (unpaired) electrons. The lowest BCUT2D eigenvalue weighted by molar-refractivity contribution is 0.0996. The molecule has 0 unspecified atom stereocenters. The van der Waals surface area contributed by atoms with Crippen LogP contribution in [0.3, 0.4) is 0 Å². The molecule has 132 valence electrons. The van der Waals surface area contributed by atoms with Gasteiger partial charge in [-0.1, -0.05) is 6.07 Å². The molecule has 3 rings (SSSR count). The smallest absolute Gasteiger partial charge is 0.267 e. The van der Waals surface area contributed by atoms with Gasteiger partial charge < -0.3 is 15.0 Å². The van der Waals surface area contributed by atoms with Gasteiger partial charge in [0.05, 0.1) is 12.7 Å². The summed E-state index contributed by atoms with van der Waals surface area (Å²) in [5.41, 5.74) is 11.2. The largest absolute Gasteiger partial charge is 0.496 e. The van der Waals surface area contributed by atoms with Gasteiger partial charge in [-0.15, -0.1) is 0 Å². The molecular formula is C20H20N4O2. The summed E-state index contributed by atoms with van der Waals surface area (Å²) in [4.78, 5) is 16.3. The Morgan fingerprint density at radius 1 is 1.31 bits per heavy atom. The van der Waals surface area contributed by atoms with Crippen LogP contribution < -0.4 is 10.5 Å². The summed E-state index contributed by atoms with van der Waals surface area (Å²) >= 11 is 0. The number of benzene rings is 1. The first-order valence-electron chi connectivity index (χ1n) is 8.16. The number of carbonyl (C=O) groups is 1. The standard InChI is InChI=1S/C20H20N4O2/c1-10-6-7-16(26-5)11(2)17(10)13-8-15(19(22)25)23-20-18(13)14(9-21)12(3)24(20)4/h6-8H,1-5H3,(H2,22,25). The van der Waals surface area contributed by atoms with Crippen molar-refractivity contribution in [1.29, 1.82) is 5.26 Å². The van der Waals surface area contributed by atoms with Crippen LogP contribution in [-0.4, -0.2) is 22.6 Å². The highest BCUT2D eigenvalue weighted by molar-refractivity contribution is 6.04. The molecule has 0 aliphatic heterocycles. The highest BCUT2D eigenvalue weighted by atomic mass is 16.5. The number of pyridine rings is 1. The van der Waals surface area contributed by atoms with Gasteiger partial charge in [0.25, 0.3) is 5.91 Å². The Kier molecular flexibility index (Phi) is 4.17. The third-order valence-corrected chi connectivity index (χ3v) is 4.91. The third kappa shape index (κ3) is 2.40. The van der Waals surface area contributed by atoms with Crippen LogP contribution in [0.2, 0.25) is 0 Å². The highest BCUT2D eigenvalue weighted by Crippen LogP contribution is 2.39. The number of aryl methyl sites for hydroxylation is 2. The summed E-state index contributed by atoms with van der Waals surface area (Å²) in [6.45, 7) is 5.80. The number of methoxy groups -OCH3 is 1. The second-order valence-corrected chi connectivity index (χ2v) is 6.33. The number of rotatable bonds is 3. The van der Waals surface area contributed by atoms with E-state index in [0.29, 0.717) is 11.2 Å². The molecule has 0 spiro atoms. The van der Waals surface area contributed by atoms with Crippen LogP contribution in [0, 0.1) is 32.1 Å². The average Bonchev–Trinajstić information content (AvgIpc) is 2.86. The van der Waals surface area contributed by atoms with Crippen molar-refractivity contribution in [3.05, 3.63) is 46.3 Å². The minimum absolute atomic E-state index is 0.166. The first kappa shape index (κ1) is 17.5. The Morgan fingerprint density at radius 2 is 2.00 bits per heavy atom. The molecule has 0 aliphatic carbocycles. The van der Waals surface area contributed by atoms with Gasteiger partial charge in [-0.05, 0) is 55.2 Å². The van der Waals surface area contributed by atoms with Crippen molar-refractivity contribution in [2.75, 3.05) is 7.11 Å². The molecule has 0 bridgehead atoms. The van der Waals surface area contributed by atoms with E-state index in [1.54, 1.807) is 13.2 Å². The molecule has 0 saturated heterocycles. The van der Waals surface area contributed by atoms with Gasteiger partial charge in [0.15, 0.2) is 0 Å². The summed E-state index contributed by atoms with van der Waals surface area (Å²) in [6.07, 6.45) is 0. The molecule has 1 aromatic carbocycles. The number of aromatic nitrogens is 2. The first-order valence-corrected chi connectivity index (χ1v) is 8.16. The van der Waals surface area contributed by atoms with Crippen molar-refractivity contribution < 1.29 is 9.53 Å². The van der Waals surface area contributed by atoms with E-state index in [9.17, 15) is 10.1 Å². The topological polar surface area (TPSA) is 93.9 Å². The second-order valence-electron chi connectivity index (χ2n) is 6.33. The number of primary amides is 1. The van der Waals surface area contributed by atoms with E-state index in [0.717, 1.165) is 39.1 Å². The molecule has 26 heavy (non-hydrogen) atoms. The van der Waals surface area contributed by atoms with Crippen molar-refractivity contribution in [3.8, 4) is 22.9 Å². The van der Waals surface area contributed by atoms with Gasteiger partial charge in [-0.3, -0.25) is 4.79 Å². The van der Waals surface area contributed by atoms with Crippen molar-refractivity contribution in [1.82, 2.24) is 9.55 Å². The Hall–Kier alpha value is -3.33. The number of carbonyl (C=O) groups excluding carboxylic acids is 1. The molecule has 6 nitrogen and oxygen atoms in total. The molecule has 2 N–H and O–H groups in total. The van der Waals surface area contributed by atoms with Gasteiger partial charge in [-0.25, -0.2) is 4.98 Å². The van der Waals surface area contributed by atoms with Gasteiger partial charge >= 0.3 is 0 Å².